The Labute approximate surface area is 113 Å². The lowest BCUT2D eigenvalue weighted by molar-refractivity contribution is 0.0661. The number of nitrogens with zero attached hydrogens (tertiary/aromatic N) is 2. The summed E-state index contributed by atoms with van der Waals surface area (Å²) in [7, 11) is -3.85. The number of nitrogens with one attached hydrogen (secondary N) is 1. The molecule has 2 N–H and O–H groups in total. The quantitative estimate of drug-likeness (QED) is 0.771. The van der Waals surface area contributed by atoms with Gasteiger partial charge in [0.15, 0.2) is 5.82 Å². The molecule has 0 spiro atoms. The summed E-state index contributed by atoms with van der Waals surface area (Å²) in [6, 6.07) is 0.967. The molecule has 20 heavy (non-hydrogen) atoms. The Bertz CT molecular complexity index is 703. The van der Waals surface area contributed by atoms with Crippen LogP contribution in [0.2, 0.25) is 0 Å². The molecule has 0 aliphatic heterocycles. The smallest absolute Gasteiger partial charge is 0.371 e. The van der Waals surface area contributed by atoms with E-state index in [1.54, 1.807) is 0 Å². The molecule has 0 aliphatic carbocycles. The zero-order valence-corrected chi connectivity index (χ0v) is 11.2. The first-order chi connectivity index (χ1) is 9.40. The molecule has 0 saturated heterocycles. The largest absolute Gasteiger partial charge is 0.475 e. The van der Waals surface area contributed by atoms with Crippen molar-refractivity contribution in [2.75, 3.05) is 6.54 Å². The third-order valence-corrected chi connectivity index (χ3v) is 3.99. The molecule has 2 rings (SSSR count). The van der Waals surface area contributed by atoms with Crippen molar-refractivity contribution >= 4 is 16.0 Å². The Kier molecular flexibility index (Phi) is 3.86. The lowest BCUT2D eigenvalue weighted by Crippen LogP contribution is -2.26. The molecule has 0 saturated carbocycles. The fourth-order valence-corrected chi connectivity index (χ4v) is 2.72. The lowest BCUT2D eigenvalue weighted by Gasteiger charge is -2.03. The first-order valence-corrected chi connectivity index (χ1v) is 6.97. The van der Waals surface area contributed by atoms with Crippen LogP contribution in [0.1, 0.15) is 22.1 Å². The van der Waals surface area contributed by atoms with Crippen LogP contribution >= 0.6 is 0 Å². The van der Waals surface area contributed by atoms with Crippen molar-refractivity contribution < 1.29 is 27.3 Å². The number of aryl methyl sites for hydroxylation is 1. The van der Waals surface area contributed by atoms with Gasteiger partial charge in [0.1, 0.15) is 10.7 Å². The number of sulfonamides is 1. The van der Waals surface area contributed by atoms with Gasteiger partial charge in [-0.2, -0.15) is 4.98 Å². The molecule has 0 aliphatic rings. The van der Waals surface area contributed by atoms with E-state index in [0.29, 0.717) is 5.82 Å². The van der Waals surface area contributed by atoms with Gasteiger partial charge in [0, 0.05) is 19.0 Å². The van der Waals surface area contributed by atoms with Gasteiger partial charge in [-0.25, -0.2) is 17.9 Å². The number of carbonyl (C=O) groups is 1. The SMILES string of the molecule is Cc1oc(C(=O)O)cc1S(=O)(=O)NCCc1ncon1. The van der Waals surface area contributed by atoms with Gasteiger partial charge in [0.25, 0.3) is 0 Å². The summed E-state index contributed by atoms with van der Waals surface area (Å²) >= 11 is 0. The highest BCUT2D eigenvalue weighted by molar-refractivity contribution is 7.89. The molecule has 0 amide bonds. The van der Waals surface area contributed by atoms with Crippen molar-refractivity contribution in [1.82, 2.24) is 14.9 Å². The van der Waals surface area contributed by atoms with E-state index < -0.39 is 21.8 Å². The van der Waals surface area contributed by atoms with E-state index in [0.717, 1.165) is 12.5 Å². The minimum atomic E-state index is -3.85. The highest BCUT2D eigenvalue weighted by Gasteiger charge is 2.23. The van der Waals surface area contributed by atoms with Crippen molar-refractivity contribution in [3.63, 3.8) is 0 Å². The van der Waals surface area contributed by atoms with Crippen LogP contribution in [0.5, 0.6) is 0 Å². The van der Waals surface area contributed by atoms with Crippen LogP contribution < -0.4 is 4.72 Å². The number of aromatic nitrogens is 2. The van der Waals surface area contributed by atoms with E-state index in [2.05, 4.69) is 19.4 Å². The second-order valence-electron chi connectivity index (χ2n) is 3.83. The van der Waals surface area contributed by atoms with E-state index >= 15 is 0 Å². The maximum Gasteiger partial charge on any atom is 0.371 e. The third kappa shape index (κ3) is 3.03. The summed E-state index contributed by atoms with van der Waals surface area (Å²) in [4.78, 5) is 14.3. The van der Waals surface area contributed by atoms with E-state index in [1.165, 1.54) is 6.92 Å². The number of aromatic carboxylic acids is 1. The van der Waals surface area contributed by atoms with E-state index in [1.807, 2.05) is 0 Å². The van der Waals surface area contributed by atoms with Gasteiger partial charge < -0.3 is 14.0 Å². The number of rotatable bonds is 6. The minimum absolute atomic E-state index is 0.00876. The van der Waals surface area contributed by atoms with Crippen molar-refractivity contribution in [3.8, 4) is 0 Å². The molecule has 0 unspecified atom stereocenters. The first kappa shape index (κ1) is 14.2. The summed E-state index contributed by atoms with van der Waals surface area (Å²) in [5.41, 5.74) is 0. The molecule has 0 atom stereocenters. The molecule has 2 aromatic heterocycles. The summed E-state index contributed by atoms with van der Waals surface area (Å²) in [5.74, 6) is -1.39. The molecule has 2 heterocycles. The van der Waals surface area contributed by atoms with Gasteiger partial charge in [-0.1, -0.05) is 5.16 Å². The molecule has 0 bridgehead atoms. The van der Waals surface area contributed by atoms with Crippen LogP contribution in [0, 0.1) is 6.92 Å². The number of hydrogen-bond donors (Lipinski definition) is 2. The Morgan fingerprint density at radius 1 is 1.50 bits per heavy atom. The molecule has 9 nitrogen and oxygen atoms in total. The Hall–Kier alpha value is -2.20. The zero-order chi connectivity index (χ0) is 14.8. The van der Waals surface area contributed by atoms with Crippen molar-refractivity contribution in [2.45, 2.75) is 18.2 Å². The standard InChI is InChI=1S/C10H11N3O6S/c1-6-8(4-7(19-6)10(14)15)20(16,17)12-3-2-9-11-5-18-13-9/h4-5,12H,2-3H2,1H3,(H,14,15). The van der Waals surface area contributed by atoms with Gasteiger partial charge in [0.05, 0.1) is 0 Å². The number of hydrogen-bond acceptors (Lipinski definition) is 7. The molecule has 0 fully saturated rings. The molecule has 0 radical (unpaired) electrons. The van der Waals surface area contributed by atoms with Crippen LogP contribution in [0.4, 0.5) is 0 Å². The Balaban J connectivity index is 2.08. The molecular weight excluding hydrogens is 290 g/mol. The van der Waals surface area contributed by atoms with Crippen LogP contribution in [0.3, 0.4) is 0 Å². The van der Waals surface area contributed by atoms with E-state index in [4.69, 9.17) is 9.52 Å². The molecule has 10 heteroatoms. The second-order valence-corrected chi connectivity index (χ2v) is 5.57. The summed E-state index contributed by atoms with van der Waals surface area (Å²) in [6.07, 6.45) is 1.39. The number of furan rings is 1. The zero-order valence-electron chi connectivity index (χ0n) is 10.4. The maximum atomic E-state index is 12.0. The van der Waals surface area contributed by atoms with Crippen LogP contribution in [0.25, 0.3) is 0 Å². The Morgan fingerprint density at radius 2 is 2.25 bits per heavy atom. The number of carboxylic acid groups (broad SMARTS) is 1. The van der Waals surface area contributed by atoms with Gasteiger partial charge in [-0.15, -0.1) is 0 Å². The van der Waals surface area contributed by atoms with Crippen molar-refractivity contribution in [1.29, 1.82) is 0 Å². The summed E-state index contributed by atoms with van der Waals surface area (Å²) < 4.78 is 35.7. The predicted molar refractivity (Wildman–Crippen MR) is 63.6 cm³/mol. The molecule has 108 valence electrons. The predicted octanol–water partition coefficient (Wildman–Crippen LogP) is 0.190. The van der Waals surface area contributed by atoms with Crippen molar-refractivity contribution in [3.05, 3.63) is 29.8 Å². The number of carboxylic acids is 1. The Morgan fingerprint density at radius 3 is 2.80 bits per heavy atom. The summed E-state index contributed by atoms with van der Waals surface area (Å²) in [5, 5.41) is 12.3. The third-order valence-electron chi connectivity index (χ3n) is 2.42. The molecule has 2 aromatic rings. The summed E-state index contributed by atoms with van der Waals surface area (Å²) in [6.45, 7) is 1.43. The van der Waals surface area contributed by atoms with Gasteiger partial charge >= 0.3 is 5.97 Å². The highest BCUT2D eigenvalue weighted by atomic mass is 32.2. The lowest BCUT2D eigenvalue weighted by atomic mass is 10.4. The fourth-order valence-electron chi connectivity index (χ4n) is 1.52. The van der Waals surface area contributed by atoms with Crippen LogP contribution in [0.15, 0.2) is 26.3 Å². The monoisotopic (exact) mass is 301 g/mol. The fraction of sp³-hybridized carbons (Fsp3) is 0.300. The van der Waals surface area contributed by atoms with E-state index in [9.17, 15) is 13.2 Å². The second kappa shape index (κ2) is 5.43. The molecular formula is C10H11N3O6S. The topological polar surface area (TPSA) is 136 Å². The average Bonchev–Trinajstić information content (AvgIpc) is 2.98. The van der Waals surface area contributed by atoms with Gasteiger partial charge in [0.2, 0.25) is 22.2 Å². The van der Waals surface area contributed by atoms with Crippen LogP contribution in [-0.2, 0) is 16.4 Å². The normalized spacial score (nSPS) is 11.7. The van der Waals surface area contributed by atoms with Gasteiger partial charge in [-0.3, -0.25) is 0 Å². The average molecular weight is 301 g/mol. The van der Waals surface area contributed by atoms with Crippen molar-refractivity contribution in [2.24, 2.45) is 0 Å². The van der Waals surface area contributed by atoms with E-state index in [-0.39, 0.29) is 23.6 Å². The maximum absolute atomic E-state index is 12.0. The molecule has 0 aromatic carbocycles. The highest BCUT2D eigenvalue weighted by Crippen LogP contribution is 2.19. The minimum Gasteiger partial charge on any atom is -0.475 e. The first-order valence-electron chi connectivity index (χ1n) is 5.49. The van der Waals surface area contributed by atoms with Crippen LogP contribution in [-0.4, -0.2) is 36.2 Å². The van der Waals surface area contributed by atoms with Gasteiger partial charge in [-0.05, 0) is 6.92 Å².